The second-order valence-corrected chi connectivity index (χ2v) is 7.04. The highest BCUT2D eigenvalue weighted by Gasteiger charge is 2.55. The van der Waals surface area contributed by atoms with E-state index in [9.17, 15) is 13.2 Å². The van der Waals surface area contributed by atoms with E-state index in [1.54, 1.807) is 6.92 Å². The van der Waals surface area contributed by atoms with Gasteiger partial charge >= 0.3 is 5.97 Å². The molecule has 0 bridgehead atoms. The van der Waals surface area contributed by atoms with Crippen LogP contribution in [-0.2, 0) is 24.1 Å². The first-order chi connectivity index (χ1) is 8.47. The predicted molar refractivity (Wildman–Crippen MR) is 68.1 cm³/mol. The molecule has 0 saturated heterocycles. The predicted octanol–water partition coefficient (Wildman–Crippen LogP) is 1.31. The molecule has 0 atom stereocenters. The van der Waals surface area contributed by atoms with Gasteiger partial charge in [-0.1, -0.05) is 13.3 Å². The summed E-state index contributed by atoms with van der Waals surface area (Å²) in [6, 6.07) is 0. The smallest absolute Gasteiger partial charge is 0.321 e. The van der Waals surface area contributed by atoms with Crippen molar-refractivity contribution in [2.24, 2.45) is 0 Å². The number of unbranched alkanes of at least 4 members (excludes halogenated alkanes) is 1. The van der Waals surface area contributed by atoms with Crippen molar-refractivity contribution in [2.45, 2.75) is 44.3 Å². The monoisotopic (exact) mass is 278 g/mol. The third kappa shape index (κ3) is 3.95. The molecule has 0 spiro atoms. The molecule has 0 unspecified atom stereocenters. The van der Waals surface area contributed by atoms with Gasteiger partial charge in [0.15, 0.2) is 9.84 Å². The maximum Gasteiger partial charge on any atom is 0.321 e. The van der Waals surface area contributed by atoms with E-state index in [4.69, 9.17) is 4.74 Å². The molecule has 0 N–H and O–H groups in total. The Morgan fingerprint density at radius 2 is 1.94 bits per heavy atom. The van der Waals surface area contributed by atoms with Gasteiger partial charge in [0.1, 0.15) is 5.75 Å². The summed E-state index contributed by atoms with van der Waals surface area (Å²) in [5.74, 6) is -1.20. The zero-order chi connectivity index (χ0) is 13.6. The Bertz CT molecular complexity index is 370. The molecule has 0 amide bonds. The fourth-order valence-electron chi connectivity index (χ4n) is 1.70. The third-order valence-electron chi connectivity index (χ3n) is 3.09. The summed E-state index contributed by atoms with van der Waals surface area (Å²) in [7, 11) is -3.46. The number of rotatable bonds is 9. The molecular formula is C12H22O5S. The van der Waals surface area contributed by atoms with Crippen LogP contribution in [0.25, 0.3) is 0 Å². The molecule has 1 fully saturated rings. The SMILES string of the molecule is CCCCOCC1(S(=O)(=O)CC(=O)OCC)CC1. The Morgan fingerprint density at radius 3 is 2.44 bits per heavy atom. The largest absolute Gasteiger partial charge is 0.465 e. The summed E-state index contributed by atoms with van der Waals surface area (Å²) in [6.45, 7) is 4.69. The maximum absolute atomic E-state index is 12.1. The number of ether oxygens (including phenoxy) is 2. The van der Waals surface area contributed by atoms with Crippen LogP contribution in [0.1, 0.15) is 39.5 Å². The van der Waals surface area contributed by atoms with Gasteiger partial charge in [0.25, 0.3) is 0 Å². The minimum Gasteiger partial charge on any atom is -0.465 e. The molecular weight excluding hydrogens is 256 g/mol. The molecule has 1 rings (SSSR count). The van der Waals surface area contributed by atoms with Gasteiger partial charge in [-0.3, -0.25) is 4.79 Å². The van der Waals surface area contributed by atoms with Gasteiger partial charge in [-0.05, 0) is 26.2 Å². The molecule has 5 nitrogen and oxygen atoms in total. The van der Waals surface area contributed by atoms with Gasteiger partial charge in [0.2, 0.25) is 0 Å². The van der Waals surface area contributed by atoms with Crippen molar-refractivity contribution >= 4 is 15.8 Å². The fraction of sp³-hybridized carbons (Fsp3) is 0.917. The summed E-state index contributed by atoms with van der Waals surface area (Å²) in [5.41, 5.74) is 0. The van der Waals surface area contributed by atoms with Gasteiger partial charge < -0.3 is 9.47 Å². The van der Waals surface area contributed by atoms with Gasteiger partial charge in [-0.15, -0.1) is 0 Å². The number of hydrogen-bond acceptors (Lipinski definition) is 5. The van der Waals surface area contributed by atoms with E-state index in [1.165, 1.54) is 0 Å². The van der Waals surface area contributed by atoms with Crippen LogP contribution in [-0.4, -0.2) is 44.7 Å². The van der Waals surface area contributed by atoms with E-state index in [0.717, 1.165) is 12.8 Å². The number of carbonyl (C=O) groups is 1. The molecule has 1 saturated carbocycles. The first kappa shape index (κ1) is 15.4. The molecule has 0 radical (unpaired) electrons. The Hall–Kier alpha value is -0.620. The topological polar surface area (TPSA) is 69.7 Å². The van der Waals surface area contributed by atoms with E-state index in [-0.39, 0.29) is 13.2 Å². The number of sulfone groups is 1. The molecule has 1 aliphatic carbocycles. The van der Waals surface area contributed by atoms with Gasteiger partial charge in [-0.2, -0.15) is 0 Å². The van der Waals surface area contributed by atoms with E-state index in [1.807, 2.05) is 6.92 Å². The zero-order valence-electron chi connectivity index (χ0n) is 11.1. The van der Waals surface area contributed by atoms with Crippen LogP contribution in [0.4, 0.5) is 0 Å². The van der Waals surface area contributed by atoms with Crippen LogP contribution in [0.15, 0.2) is 0 Å². The Morgan fingerprint density at radius 1 is 1.28 bits per heavy atom. The first-order valence-corrected chi connectivity index (χ1v) is 8.08. The van der Waals surface area contributed by atoms with Gasteiger partial charge in [-0.25, -0.2) is 8.42 Å². The second kappa shape index (κ2) is 6.52. The fourth-order valence-corrected chi connectivity index (χ4v) is 3.39. The van der Waals surface area contributed by atoms with Crippen LogP contribution < -0.4 is 0 Å². The van der Waals surface area contributed by atoms with Crippen molar-refractivity contribution in [3.63, 3.8) is 0 Å². The lowest BCUT2D eigenvalue weighted by molar-refractivity contribution is -0.139. The number of esters is 1. The lowest BCUT2D eigenvalue weighted by Gasteiger charge is -2.15. The van der Waals surface area contributed by atoms with Gasteiger partial charge in [0.05, 0.1) is 18.0 Å². The van der Waals surface area contributed by atoms with Crippen LogP contribution in [0.2, 0.25) is 0 Å². The van der Waals surface area contributed by atoms with Crippen molar-refractivity contribution < 1.29 is 22.7 Å². The Labute approximate surface area is 109 Å². The molecule has 0 aromatic heterocycles. The van der Waals surface area contributed by atoms with Crippen molar-refractivity contribution in [3.05, 3.63) is 0 Å². The van der Waals surface area contributed by atoms with Crippen LogP contribution in [0.5, 0.6) is 0 Å². The van der Waals surface area contributed by atoms with Gasteiger partial charge in [0, 0.05) is 6.61 Å². The first-order valence-electron chi connectivity index (χ1n) is 6.43. The van der Waals surface area contributed by atoms with E-state index in [2.05, 4.69) is 4.74 Å². The van der Waals surface area contributed by atoms with E-state index >= 15 is 0 Å². The molecule has 0 aromatic rings. The minimum atomic E-state index is -3.46. The minimum absolute atomic E-state index is 0.203. The van der Waals surface area contributed by atoms with Crippen LogP contribution >= 0.6 is 0 Å². The van der Waals surface area contributed by atoms with Crippen LogP contribution in [0.3, 0.4) is 0 Å². The third-order valence-corrected chi connectivity index (χ3v) is 5.55. The Kier molecular flexibility index (Phi) is 5.59. The van der Waals surface area contributed by atoms with E-state index < -0.39 is 26.3 Å². The Balaban J connectivity index is 2.48. The zero-order valence-corrected chi connectivity index (χ0v) is 11.9. The summed E-state index contributed by atoms with van der Waals surface area (Å²) >= 11 is 0. The molecule has 1 aliphatic rings. The molecule has 106 valence electrons. The number of carbonyl (C=O) groups excluding carboxylic acids is 1. The standard InChI is InChI=1S/C12H22O5S/c1-3-5-8-16-10-12(6-7-12)18(14,15)9-11(13)17-4-2/h3-10H2,1-2H3. The maximum atomic E-state index is 12.1. The molecule has 0 heterocycles. The van der Waals surface area contributed by atoms with Crippen molar-refractivity contribution in [2.75, 3.05) is 25.6 Å². The highest BCUT2D eigenvalue weighted by molar-refractivity contribution is 7.93. The molecule has 0 aliphatic heterocycles. The van der Waals surface area contributed by atoms with Crippen molar-refractivity contribution in [1.82, 2.24) is 0 Å². The summed E-state index contributed by atoms with van der Waals surface area (Å²) < 4.78 is 33.4. The normalized spacial score (nSPS) is 17.4. The van der Waals surface area contributed by atoms with Crippen molar-refractivity contribution in [1.29, 1.82) is 0 Å². The quantitative estimate of drug-likeness (QED) is 0.470. The lowest BCUT2D eigenvalue weighted by Crippen LogP contribution is -2.34. The molecule has 18 heavy (non-hydrogen) atoms. The molecule has 6 heteroatoms. The average molecular weight is 278 g/mol. The van der Waals surface area contributed by atoms with Crippen molar-refractivity contribution in [3.8, 4) is 0 Å². The summed E-state index contributed by atoms with van der Waals surface area (Å²) in [4.78, 5) is 11.3. The second-order valence-electron chi connectivity index (χ2n) is 4.65. The van der Waals surface area contributed by atoms with E-state index in [0.29, 0.717) is 19.4 Å². The highest BCUT2D eigenvalue weighted by Crippen LogP contribution is 2.44. The summed E-state index contributed by atoms with van der Waals surface area (Å²) in [5, 5.41) is 0. The highest BCUT2D eigenvalue weighted by atomic mass is 32.2. The van der Waals surface area contributed by atoms with Crippen LogP contribution in [0, 0.1) is 0 Å². The number of hydrogen-bond donors (Lipinski definition) is 0. The molecule has 0 aromatic carbocycles. The lowest BCUT2D eigenvalue weighted by atomic mass is 10.3. The summed E-state index contributed by atoms with van der Waals surface area (Å²) in [6.07, 6.45) is 3.11. The average Bonchev–Trinajstić information content (AvgIpc) is 3.05.